The van der Waals surface area contributed by atoms with Crippen LogP contribution < -0.4 is 15.1 Å². The molecule has 0 spiro atoms. The minimum absolute atomic E-state index is 0.235. The van der Waals surface area contributed by atoms with Gasteiger partial charge in [0, 0.05) is 67.3 Å². The summed E-state index contributed by atoms with van der Waals surface area (Å²) in [6, 6.07) is 27.7. The van der Waals surface area contributed by atoms with Crippen LogP contribution in [0.2, 0.25) is 0 Å². The summed E-state index contributed by atoms with van der Waals surface area (Å²) < 4.78 is 0. The Hall–Kier alpha value is -5.24. The number of ketones is 1. The van der Waals surface area contributed by atoms with Crippen molar-refractivity contribution in [3.05, 3.63) is 137 Å². The lowest BCUT2D eigenvalue weighted by Crippen LogP contribution is -2.46. The number of carbonyl (C=O) groups excluding carboxylic acids is 2. The summed E-state index contributed by atoms with van der Waals surface area (Å²) in [6.07, 6.45) is 3.48. The van der Waals surface area contributed by atoms with Gasteiger partial charge in [-0.1, -0.05) is 30.3 Å². The summed E-state index contributed by atoms with van der Waals surface area (Å²) >= 11 is 0. The van der Waals surface area contributed by atoms with Gasteiger partial charge in [-0.3, -0.25) is 14.6 Å². The average molecular weight is 585 g/mol. The van der Waals surface area contributed by atoms with Gasteiger partial charge >= 0.3 is 0 Å². The van der Waals surface area contributed by atoms with Gasteiger partial charge in [-0.05, 0) is 97.6 Å². The van der Waals surface area contributed by atoms with Crippen LogP contribution in [0.1, 0.15) is 50.0 Å². The molecule has 1 atom stereocenters. The molecule has 0 bridgehead atoms. The third-order valence-corrected chi connectivity index (χ3v) is 8.08. The van der Waals surface area contributed by atoms with E-state index in [1.807, 2.05) is 86.6 Å². The number of aromatic nitrogens is 3. The van der Waals surface area contributed by atoms with Gasteiger partial charge in [-0.25, -0.2) is 4.98 Å². The van der Waals surface area contributed by atoms with Gasteiger partial charge in [-0.2, -0.15) is 0 Å². The maximum atomic E-state index is 13.6. The van der Waals surface area contributed by atoms with Crippen molar-refractivity contribution in [1.82, 2.24) is 15.0 Å². The summed E-state index contributed by atoms with van der Waals surface area (Å²) in [6.45, 7) is 9.52. The van der Waals surface area contributed by atoms with Crippen LogP contribution in [0.15, 0.2) is 97.3 Å². The number of hydrogen-bond donors (Lipinski definition) is 2. The van der Waals surface area contributed by atoms with E-state index < -0.39 is 11.7 Å². The molecule has 2 aromatic carbocycles. The van der Waals surface area contributed by atoms with Crippen molar-refractivity contribution in [2.45, 2.75) is 26.7 Å². The van der Waals surface area contributed by atoms with Crippen LogP contribution in [-0.4, -0.2) is 52.8 Å². The van der Waals surface area contributed by atoms with E-state index in [1.165, 1.54) is 5.56 Å². The van der Waals surface area contributed by atoms with E-state index in [0.717, 1.165) is 65.8 Å². The summed E-state index contributed by atoms with van der Waals surface area (Å²) in [7, 11) is 0. The molecule has 6 rings (SSSR count). The molecule has 5 aromatic rings. The summed E-state index contributed by atoms with van der Waals surface area (Å²) in [4.78, 5) is 43.5. The minimum atomic E-state index is -0.683. The molecule has 0 radical (unpaired) electrons. The van der Waals surface area contributed by atoms with E-state index in [9.17, 15) is 9.59 Å². The van der Waals surface area contributed by atoms with Crippen LogP contribution in [0, 0.1) is 20.8 Å². The number of Topliss-reactive ketones (excluding diaryl/α,β-unsaturated/α-hetero) is 1. The topological polar surface area (TPSA) is 94.2 Å². The molecular formula is C36H36N6O2. The fourth-order valence-electron chi connectivity index (χ4n) is 6.01. The Labute approximate surface area is 257 Å². The zero-order chi connectivity index (χ0) is 30.6. The molecule has 8 nitrogen and oxygen atoms in total. The fourth-order valence-corrected chi connectivity index (χ4v) is 6.01. The molecule has 2 N–H and O–H groups in total. The van der Waals surface area contributed by atoms with Crippen LogP contribution in [0.4, 0.5) is 17.2 Å². The predicted octanol–water partition coefficient (Wildman–Crippen LogP) is 6.06. The molecule has 0 aliphatic carbocycles. The standard InChI is InChI=1S/C36H36N6O2/c1-24-21-25(2)38-32(22-24)42-19-17-41(18-20-42)30-11-9-29(10-12-30)40-36(44)35(43)34-31(23-26(3)39-34)33(27-7-5-4-6-8-27)28-13-15-37-16-14-28/h4-16,21-23,33,39H,17-20H2,1-3H3,(H,40,44). The zero-order valence-electron chi connectivity index (χ0n) is 25.2. The molecule has 3 aromatic heterocycles. The van der Waals surface area contributed by atoms with E-state index in [4.69, 9.17) is 4.98 Å². The number of anilines is 3. The summed E-state index contributed by atoms with van der Waals surface area (Å²) in [5, 5.41) is 2.81. The number of nitrogens with one attached hydrogen (secondary N) is 2. The van der Waals surface area contributed by atoms with Gasteiger partial charge in [-0.15, -0.1) is 0 Å². The maximum Gasteiger partial charge on any atom is 0.298 e. The summed E-state index contributed by atoms with van der Waals surface area (Å²) in [5.74, 6) is -0.497. The Balaban J connectivity index is 1.15. The molecule has 4 heterocycles. The van der Waals surface area contributed by atoms with E-state index in [2.05, 4.69) is 44.1 Å². The number of aromatic amines is 1. The molecule has 1 saturated heterocycles. The van der Waals surface area contributed by atoms with Crippen molar-refractivity contribution in [2.24, 2.45) is 0 Å². The second-order valence-corrected chi connectivity index (χ2v) is 11.4. The molecule has 8 heteroatoms. The number of rotatable bonds is 8. The highest BCUT2D eigenvalue weighted by Crippen LogP contribution is 2.34. The number of nitrogens with zero attached hydrogens (tertiary/aromatic N) is 4. The molecule has 1 aliphatic rings. The number of piperazine rings is 1. The lowest BCUT2D eigenvalue weighted by molar-refractivity contribution is -0.112. The van der Waals surface area contributed by atoms with Gasteiger partial charge in [0.2, 0.25) is 0 Å². The lowest BCUT2D eigenvalue weighted by Gasteiger charge is -2.37. The summed E-state index contributed by atoms with van der Waals surface area (Å²) in [5.41, 5.74) is 7.77. The van der Waals surface area contributed by atoms with Crippen molar-refractivity contribution in [3.8, 4) is 0 Å². The number of amides is 1. The van der Waals surface area contributed by atoms with Gasteiger partial charge < -0.3 is 20.1 Å². The molecule has 0 saturated carbocycles. The largest absolute Gasteiger partial charge is 0.368 e. The normalized spacial score (nSPS) is 13.9. The van der Waals surface area contributed by atoms with E-state index >= 15 is 0 Å². The maximum absolute atomic E-state index is 13.6. The van der Waals surface area contributed by atoms with Crippen molar-refractivity contribution in [1.29, 1.82) is 0 Å². The number of pyridine rings is 2. The lowest BCUT2D eigenvalue weighted by atomic mass is 9.85. The molecule has 1 fully saturated rings. The van der Waals surface area contributed by atoms with Gasteiger partial charge in [0.1, 0.15) is 5.82 Å². The Kier molecular flexibility index (Phi) is 8.23. The van der Waals surface area contributed by atoms with E-state index in [-0.39, 0.29) is 5.92 Å². The van der Waals surface area contributed by atoms with Gasteiger partial charge in [0.05, 0.1) is 5.69 Å². The highest BCUT2D eigenvalue weighted by molar-refractivity contribution is 6.46. The van der Waals surface area contributed by atoms with Gasteiger partial charge in [0.25, 0.3) is 11.7 Å². The van der Waals surface area contributed by atoms with E-state index in [1.54, 1.807) is 12.4 Å². The molecule has 1 unspecified atom stereocenters. The predicted molar refractivity (Wildman–Crippen MR) is 175 cm³/mol. The third kappa shape index (κ3) is 6.24. The number of benzene rings is 2. The molecular weight excluding hydrogens is 548 g/mol. The van der Waals surface area contributed by atoms with E-state index in [0.29, 0.717) is 11.4 Å². The molecule has 44 heavy (non-hydrogen) atoms. The fraction of sp³-hybridized carbons (Fsp3) is 0.222. The SMILES string of the molecule is Cc1cc(C)nc(N2CCN(c3ccc(NC(=O)C(=O)c4[nH]c(C)cc4C(c4ccccc4)c4ccncc4)cc3)CC2)c1. The van der Waals surface area contributed by atoms with Crippen molar-refractivity contribution >= 4 is 28.9 Å². The van der Waals surface area contributed by atoms with Crippen molar-refractivity contribution in [2.75, 3.05) is 41.3 Å². The Morgan fingerprint density at radius 3 is 2.14 bits per heavy atom. The van der Waals surface area contributed by atoms with Crippen molar-refractivity contribution < 1.29 is 9.59 Å². The molecule has 222 valence electrons. The Morgan fingerprint density at radius 1 is 0.795 bits per heavy atom. The van der Waals surface area contributed by atoms with Crippen LogP contribution in [0.5, 0.6) is 0 Å². The zero-order valence-corrected chi connectivity index (χ0v) is 25.2. The third-order valence-electron chi connectivity index (χ3n) is 8.08. The number of H-pyrrole nitrogens is 1. The Bertz CT molecular complexity index is 1700. The minimum Gasteiger partial charge on any atom is -0.368 e. The molecule has 1 aliphatic heterocycles. The monoisotopic (exact) mass is 584 g/mol. The van der Waals surface area contributed by atoms with Crippen LogP contribution in [-0.2, 0) is 4.79 Å². The first-order valence-corrected chi connectivity index (χ1v) is 14.9. The first kappa shape index (κ1) is 28.9. The smallest absolute Gasteiger partial charge is 0.298 e. The number of carbonyl (C=O) groups is 2. The van der Waals surface area contributed by atoms with Crippen LogP contribution in [0.3, 0.4) is 0 Å². The average Bonchev–Trinajstić information content (AvgIpc) is 3.42. The first-order chi connectivity index (χ1) is 21.4. The molecule has 1 amide bonds. The number of aryl methyl sites for hydroxylation is 3. The highest BCUT2D eigenvalue weighted by Gasteiger charge is 2.28. The first-order valence-electron chi connectivity index (χ1n) is 14.9. The van der Waals surface area contributed by atoms with Crippen LogP contribution in [0.25, 0.3) is 0 Å². The second-order valence-electron chi connectivity index (χ2n) is 11.4. The van der Waals surface area contributed by atoms with Gasteiger partial charge in [0.15, 0.2) is 0 Å². The van der Waals surface area contributed by atoms with Crippen molar-refractivity contribution in [3.63, 3.8) is 0 Å². The van der Waals surface area contributed by atoms with Crippen LogP contribution >= 0.6 is 0 Å². The highest BCUT2D eigenvalue weighted by atomic mass is 16.2. The quantitative estimate of drug-likeness (QED) is 0.170. The Morgan fingerprint density at radius 2 is 1.45 bits per heavy atom. The second kappa shape index (κ2) is 12.6. The number of hydrogen-bond acceptors (Lipinski definition) is 6.